The smallest absolute Gasteiger partial charge is 0.339 e. The molecular formula is C24H26I2O9S. The van der Waals surface area contributed by atoms with Crippen LogP contribution >= 0.6 is 45.2 Å². The number of halogens is 2. The number of rotatable bonds is 8. The number of ether oxygens (including phenoxy) is 3. The Balaban J connectivity index is 1.49. The Kier molecular flexibility index (Phi) is 8.37. The first kappa shape index (κ1) is 27.8. The fourth-order valence-electron chi connectivity index (χ4n) is 5.26. The Morgan fingerprint density at radius 2 is 1.64 bits per heavy atom. The van der Waals surface area contributed by atoms with Gasteiger partial charge in [0.05, 0.1) is 21.0 Å². The van der Waals surface area contributed by atoms with E-state index in [1.807, 2.05) is 64.3 Å². The van der Waals surface area contributed by atoms with Crippen molar-refractivity contribution < 1.29 is 41.6 Å². The zero-order chi connectivity index (χ0) is 26.3. The summed E-state index contributed by atoms with van der Waals surface area (Å²) in [4.78, 5) is 39.0. The normalized spacial score (nSPS) is 26.1. The Hall–Kier alpha value is -1.26. The molecule has 3 aliphatic rings. The molecule has 4 atom stereocenters. The van der Waals surface area contributed by atoms with Crippen LogP contribution < -0.4 is 4.74 Å². The minimum absolute atomic E-state index is 0.0748. The van der Waals surface area contributed by atoms with Crippen LogP contribution in [0.5, 0.6) is 5.75 Å². The zero-order valence-corrected chi connectivity index (χ0v) is 24.6. The molecule has 1 aromatic rings. The minimum Gasteiger partial charge on any atom is -0.461 e. The first-order valence-electron chi connectivity index (χ1n) is 11.6. The molecule has 9 nitrogen and oxygen atoms in total. The van der Waals surface area contributed by atoms with Gasteiger partial charge in [0.15, 0.2) is 0 Å². The highest BCUT2D eigenvalue weighted by Gasteiger charge is 2.54. The summed E-state index contributed by atoms with van der Waals surface area (Å²) in [6.07, 6.45) is 8.27. The standard InChI is InChI=1S/C24H26I2O9S/c1-24(6-2-3-7-24)35-23(29)20-14-5-4-13(10-14)19(20)22(28)34-18-11-15(16(25)12-17(18)26)21(27)33-8-9-36(30,31)32/h4-5,11-14,19-20H,2-3,6-10H2,1H3,(H,30,31,32). The van der Waals surface area contributed by atoms with Gasteiger partial charge in [0.25, 0.3) is 10.1 Å². The lowest BCUT2D eigenvalue weighted by atomic mass is 9.83. The van der Waals surface area contributed by atoms with E-state index in [-0.39, 0.29) is 29.1 Å². The molecule has 1 aromatic carbocycles. The van der Waals surface area contributed by atoms with Crippen molar-refractivity contribution in [2.75, 3.05) is 12.4 Å². The molecule has 0 saturated heterocycles. The van der Waals surface area contributed by atoms with Crippen molar-refractivity contribution in [1.82, 2.24) is 0 Å². The lowest BCUT2D eigenvalue weighted by molar-refractivity contribution is -0.168. The van der Waals surface area contributed by atoms with Crippen LogP contribution in [0.3, 0.4) is 0 Å². The summed E-state index contributed by atoms with van der Waals surface area (Å²) in [6.45, 7) is 1.42. The average molecular weight is 744 g/mol. The Bertz CT molecular complexity index is 1200. The minimum atomic E-state index is -4.27. The van der Waals surface area contributed by atoms with Gasteiger partial charge in [-0.1, -0.05) is 12.2 Å². The summed E-state index contributed by atoms with van der Waals surface area (Å²) in [7, 11) is -4.27. The average Bonchev–Trinajstić information content (AvgIpc) is 3.50. The summed E-state index contributed by atoms with van der Waals surface area (Å²) in [6, 6.07) is 3.00. The Morgan fingerprint density at radius 3 is 2.25 bits per heavy atom. The number of carbonyl (C=O) groups excluding carboxylic acids is 3. The molecule has 36 heavy (non-hydrogen) atoms. The maximum Gasteiger partial charge on any atom is 0.339 e. The molecule has 0 aliphatic heterocycles. The van der Waals surface area contributed by atoms with Crippen LogP contribution in [0.1, 0.15) is 49.4 Å². The van der Waals surface area contributed by atoms with Crippen LogP contribution in [0.15, 0.2) is 24.3 Å². The van der Waals surface area contributed by atoms with Crippen molar-refractivity contribution in [3.8, 4) is 5.75 Å². The van der Waals surface area contributed by atoms with Crippen molar-refractivity contribution in [3.63, 3.8) is 0 Å². The number of allylic oxidation sites excluding steroid dienone is 2. The molecule has 2 saturated carbocycles. The molecule has 0 heterocycles. The van der Waals surface area contributed by atoms with Crippen LogP contribution in [0.25, 0.3) is 0 Å². The predicted molar refractivity (Wildman–Crippen MR) is 145 cm³/mol. The maximum atomic E-state index is 13.4. The summed E-state index contributed by atoms with van der Waals surface area (Å²) < 4.78 is 48.2. The lowest BCUT2D eigenvalue weighted by Crippen LogP contribution is -2.40. The summed E-state index contributed by atoms with van der Waals surface area (Å²) in [5.41, 5.74) is -0.403. The van der Waals surface area contributed by atoms with Gasteiger partial charge in [-0.15, -0.1) is 0 Å². The molecule has 2 bridgehead atoms. The molecule has 0 spiro atoms. The highest BCUT2D eigenvalue weighted by atomic mass is 127. The molecule has 3 aliphatic carbocycles. The van der Waals surface area contributed by atoms with E-state index in [0.717, 1.165) is 25.7 Å². The molecule has 0 radical (unpaired) electrons. The first-order valence-corrected chi connectivity index (χ1v) is 15.4. The van der Waals surface area contributed by atoms with E-state index < -0.39 is 51.9 Å². The molecule has 196 valence electrons. The first-order chi connectivity index (χ1) is 16.9. The number of carbonyl (C=O) groups is 3. The Morgan fingerprint density at radius 1 is 1.03 bits per heavy atom. The number of hydrogen-bond donors (Lipinski definition) is 1. The topological polar surface area (TPSA) is 133 Å². The van der Waals surface area contributed by atoms with Crippen LogP contribution in [-0.4, -0.2) is 48.8 Å². The number of esters is 3. The largest absolute Gasteiger partial charge is 0.461 e. The molecule has 1 N–H and O–H groups in total. The van der Waals surface area contributed by atoms with E-state index in [1.54, 1.807) is 6.07 Å². The second-order valence-electron chi connectivity index (χ2n) is 9.68. The van der Waals surface area contributed by atoms with Gasteiger partial charge in [0.2, 0.25) is 0 Å². The summed E-state index contributed by atoms with van der Waals surface area (Å²) >= 11 is 3.91. The second-order valence-corrected chi connectivity index (χ2v) is 13.6. The van der Waals surface area contributed by atoms with E-state index in [9.17, 15) is 22.8 Å². The molecule has 4 rings (SSSR count). The SMILES string of the molecule is CC1(OC(=O)C2C3C=CC(C3)C2C(=O)Oc2cc(C(=O)OCCS(=O)(=O)O)c(I)cc2I)CCCC1. The van der Waals surface area contributed by atoms with Crippen LogP contribution in [0, 0.1) is 30.8 Å². The van der Waals surface area contributed by atoms with Crippen molar-refractivity contribution in [1.29, 1.82) is 0 Å². The van der Waals surface area contributed by atoms with Crippen molar-refractivity contribution in [2.45, 2.75) is 44.6 Å². The van der Waals surface area contributed by atoms with Crippen molar-refractivity contribution >= 4 is 73.2 Å². The van der Waals surface area contributed by atoms with Crippen LogP contribution in [-0.2, 0) is 29.2 Å². The van der Waals surface area contributed by atoms with Gasteiger partial charge in [0, 0.05) is 3.57 Å². The van der Waals surface area contributed by atoms with Gasteiger partial charge in [-0.25, -0.2) is 4.79 Å². The molecule has 0 aromatic heterocycles. The van der Waals surface area contributed by atoms with Gasteiger partial charge >= 0.3 is 17.9 Å². The van der Waals surface area contributed by atoms with Gasteiger partial charge in [0.1, 0.15) is 23.7 Å². The van der Waals surface area contributed by atoms with Crippen molar-refractivity contribution in [3.05, 3.63) is 37.0 Å². The van der Waals surface area contributed by atoms with E-state index in [0.29, 0.717) is 13.6 Å². The van der Waals surface area contributed by atoms with E-state index in [2.05, 4.69) is 0 Å². The highest BCUT2D eigenvalue weighted by Crippen LogP contribution is 2.50. The fraction of sp³-hybridized carbons (Fsp3) is 0.542. The van der Waals surface area contributed by atoms with Crippen LogP contribution in [0.4, 0.5) is 0 Å². The third-order valence-electron chi connectivity index (χ3n) is 7.04. The number of fused-ring (bicyclic) bond motifs is 2. The van der Waals surface area contributed by atoms with Gasteiger partial charge in [-0.3, -0.25) is 14.1 Å². The molecule has 0 amide bonds. The maximum absolute atomic E-state index is 13.4. The summed E-state index contributed by atoms with van der Waals surface area (Å²) in [5.74, 6) is -3.81. The Labute approximate surface area is 236 Å². The van der Waals surface area contributed by atoms with Crippen molar-refractivity contribution in [2.24, 2.45) is 23.7 Å². The van der Waals surface area contributed by atoms with E-state index >= 15 is 0 Å². The zero-order valence-electron chi connectivity index (χ0n) is 19.4. The molecule has 4 unspecified atom stereocenters. The second kappa shape index (κ2) is 10.8. The molecule has 12 heteroatoms. The number of benzene rings is 1. The summed E-state index contributed by atoms with van der Waals surface area (Å²) in [5, 5.41) is 0. The van der Waals surface area contributed by atoms with Gasteiger partial charge in [-0.2, -0.15) is 8.42 Å². The van der Waals surface area contributed by atoms with Crippen LogP contribution in [0.2, 0.25) is 0 Å². The predicted octanol–water partition coefficient (Wildman–Crippen LogP) is 4.16. The monoisotopic (exact) mass is 744 g/mol. The van der Waals surface area contributed by atoms with E-state index in [4.69, 9.17) is 18.8 Å². The highest BCUT2D eigenvalue weighted by molar-refractivity contribution is 14.1. The van der Waals surface area contributed by atoms with Gasteiger partial charge in [-0.05, 0) is 108 Å². The van der Waals surface area contributed by atoms with E-state index in [1.165, 1.54) is 6.07 Å². The number of hydrogen-bond acceptors (Lipinski definition) is 8. The lowest BCUT2D eigenvalue weighted by Gasteiger charge is -2.30. The van der Waals surface area contributed by atoms with Gasteiger partial charge < -0.3 is 14.2 Å². The third-order valence-corrected chi connectivity index (χ3v) is 9.46. The molecule has 2 fully saturated rings. The quantitative estimate of drug-likeness (QED) is 0.137. The fourth-order valence-corrected chi connectivity index (χ4v) is 7.41. The molecular weight excluding hydrogens is 718 g/mol. The third kappa shape index (κ3) is 6.23.